The number of hydrogen-bond acceptors (Lipinski definition) is 4. The van der Waals surface area contributed by atoms with Gasteiger partial charge in [0.05, 0.1) is 11.1 Å². The lowest BCUT2D eigenvalue weighted by atomic mass is 10.2. The summed E-state index contributed by atoms with van der Waals surface area (Å²) in [5.74, 6) is 0.705. The third kappa shape index (κ3) is 2.90. The SMILES string of the molecule is FC(F)(F)c1cccc(Oc2ccccc2-c2nn[nH]n2)c1. The van der Waals surface area contributed by atoms with E-state index in [9.17, 15) is 13.2 Å². The van der Waals surface area contributed by atoms with Crippen LogP contribution in [0.4, 0.5) is 13.2 Å². The van der Waals surface area contributed by atoms with E-state index >= 15 is 0 Å². The minimum atomic E-state index is -4.42. The van der Waals surface area contributed by atoms with Gasteiger partial charge < -0.3 is 4.74 Å². The number of aromatic nitrogens is 4. The Labute approximate surface area is 122 Å². The van der Waals surface area contributed by atoms with Gasteiger partial charge in [-0.05, 0) is 35.5 Å². The summed E-state index contributed by atoms with van der Waals surface area (Å²) in [5, 5.41) is 13.4. The molecule has 1 N–H and O–H groups in total. The first-order valence-corrected chi connectivity index (χ1v) is 6.22. The quantitative estimate of drug-likeness (QED) is 0.801. The Kier molecular flexibility index (Phi) is 3.50. The normalized spacial score (nSPS) is 11.4. The van der Waals surface area contributed by atoms with Crippen LogP contribution in [0, 0.1) is 0 Å². The highest BCUT2D eigenvalue weighted by Crippen LogP contribution is 2.35. The highest BCUT2D eigenvalue weighted by molar-refractivity contribution is 5.64. The van der Waals surface area contributed by atoms with E-state index in [2.05, 4.69) is 20.6 Å². The lowest BCUT2D eigenvalue weighted by Gasteiger charge is -2.11. The van der Waals surface area contributed by atoms with Gasteiger partial charge in [0.15, 0.2) is 0 Å². The van der Waals surface area contributed by atoms with E-state index in [1.807, 2.05) is 0 Å². The van der Waals surface area contributed by atoms with Crippen LogP contribution in [0.5, 0.6) is 11.5 Å². The van der Waals surface area contributed by atoms with Crippen LogP contribution >= 0.6 is 0 Å². The third-order valence-corrected chi connectivity index (χ3v) is 2.86. The fourth-order valence-electron chi connectivity index (χ4n) is 1.88. The molecule has 0 amide bonds. The Morgan fingerprint density at radius 2 is 1.82 bits per heavy atom. The zero-order valence-electron chi connectivity index (χ0n) is 11.0. The number of nitrogens with one attached hydrogen (secondary N) is 1. The molecule has 22 heavy (non-hydrogen) atoms. The Hall–Kier alpha value is -2.90. The van der Waals surface area contributed by atoms with Crippen LogP contribution in [-0.4, -0.2) is 20.6 Å². The summed E-state index contributed by atoms with van der Waals surface area (Å²) < 4.78 is 43.7. The van der Waals surface area contributed by atoms with Crippen LogP contribution in [0.2, 0.25) is 0 Å². The minimum Gasteiger partial charge on any atom is -0.457 e. The third-order valence-electron chi connectivity index (χ3n) is 2.86. The van der Waals surface area contributed by atoms with E-state index in [4.69, 9.17) is 4.74 Å². The van der Waals surface area contributed by atoms with Gasteiger partial charge in [0.25, 0.3) is 0 Å². The van der Waals surface area contributed by atoms with Gasteiger partial charge in [0, 0.05) is 0 Å². The molecule has 3 rings (SSSR count). The maximum atomic E-state index is 12.7. The first-order chi connectivity index (χ1) is 10.5. The molecule has 0 unspecified atom stereocenters. The van der Waals surface area contributed by atoms with Gasteiger partial charge in [-0.1, -0.05) is 18.2 Å². The average Bonchev–Trinajstić information content (AvgIpc) is 3.01. The van der Waals surface area contributed by atoms with Gasteiger partial charge in [0.1, 0.15) is 11.5 Å². The van der Waals surface area contributed by atoms with Crippen molar-refractivity contribution in [3.05, 3.63) is 54.1 Å². The smallest absolute Gasteiger partial charge is 0.416 e. The molecule has 0 radical (unpaired) electrons. The van der Waals surface area contributed by atoms with Crippen LogP contribution in [0.25, 0.3) is 11.4 Å². The molecule has 0 bridgehead atoms. The second-order valence-electron chi connectivity index (χ2n) is 4.36. The molecule has 0 fully saturated rings. The van der Waals surface area contributed by atoms with E-state index in [0.29, 0.717) is 17.1 Å². The highest BCUT2D eigenvalue weighted by Gasteiger charge is 2.30. The van der Waals surface area contributed by atoms with E-state index in [1.54, 1.807) is 24.3 Å². The molecule has 1 heterocycles. The number of tetrazole rings is 1. The molecule has 0 spiro atoms. The number of nitrogens with zero attached hydrogens (tertiary/aromatic N) is 3. The molecule has 0 aliphatic carbocycles. The Morgan fingerprint density at radius 3 is 2.55 bits per heavy atom. The molecule has 112 valence electrons. The Morgan fingerprint density at radius 1 is 1.00 bits per heavy atom. The minimum absolute atomic E-state index is 0.0748. The number of ether oxygens (including phenoxy) is 1. The fourth-order valence-corrected chi connectivity index (χ4v) is 1.88. The summed E-state index contributed by atoms with van der Waals surface area (Å²) in [5.41, 5.74) is -0.254. The summed E-state index contributed by atoms with van der Waals surface area (Å²) >= 11 is 0. The number of rotatable bonds is 3. The van der Waals surface area contributed by atoms with Gasteiger partial charge in [-0.25, -0.2) is 0 Å². The van der Waals surface area contributed by atoms with Crippen LogP contribution in [0.3, 0.4) is 0 Å². The van der Waals surface area contributed by atoms with Crippen molar-refractivity contribution in [2.45, 2.75) is 6.18 Å². The van der Waals surface area contributed by atoms with Crippen LogP contribution in [0.1, 0.15) is 5.56 Å². The van der Waals surface area contributed by atoms with E-state index in [-0.39, 0.29) is 5.75 Å². The van der Waals surface area contributed by atoms with Crippen molar-refractivity contribution in [3.63, 3.8) is 0 Å². The van der Waals surface area contributed by atoms with Gasteiger partial charge in [0.2, 0.25) is 5.82 Å². The van der Waals surface area contributed by atoms with Gasteiger partial charge in [-0.3, -0.25) is 0 Å². The van der Waals surface area contributed by atoms with Crippen LogP contribution in [0.15, 0.2) is 48.5 Å². The lowest BCUT2D eigenvalue weighted by Crippen LogP contribution is -2.04. The van der Waals surface area contributed by atoms with Crippen molar-refractivity contribution in [1.82, 2.24) is 20.6 Å². The molecule has 0 aliphatic rings. The topological polar surface area (TPSA) is 63.7 Å². The Balaban J connectivity index is 1.95. The Bertz CT molecular complexity index is 772. The van der Waals surface area contributed by atoms with Crippen molar-refractivity contribution in [2.75, 3.05) is 0 Å². The van der Waals surface area contributed by atoms with E-state index in [0.717, 1.165) is 12.1 Å². The second-order valence-corrected chi connectivity index (χ2v) is 4.36. The summed E-state index contributed by atoms with van der Waals surface area (Å²) in [6.07, 6.45) is -4.42. The standard InChI is InChI=1S/C14H9F3N4O/c15-14(16,17)9-4-3-5-10(8-9)22-12-7-2-1-6-11(12)13-18-20-21-19-13/h1-8H,(H,18,19,20,21). The number of para-hydroxylation sites is 1. The monoisotopic (exact) mass is 306 g/mol. The molecule has 0 saturated heterocycles. The maximum absolute atomic E-state index is 12.7. The molecule has 0 saturated carbocycles. The molecular formula is C14H9F3N4O. The number of H-pyrrole nitrogens is 1. The second kappa shape index (κ2) is 5.47. The summed E-state index contributed by atoms with van der Waals surface area (Å²) in [6, 6.07) is 11.4. The number of hydrogen-bond donors (Lipinski definition) is 1. The maximum Gasteiger partial charge on any atom is 0.416 e. The van der Waals surface area contributed by atoms with Crippen LogP contribution < -0.4 is 4.74 Å². The van der Waals surface area contributed by atoms with Crippen molar-refractivity contribution in [1.29, 1.82) is 0 Å². The van der Waals surface area contributed by atoms with Crippen molar-refractivity contribution < 1.29 is 17.9 Å². The molecule has 5 nitrogen and oxygen atoms in total. The predicted molar refractivity (Wildman–Crippen MR) is 71.1 cm³/mol. The zero-order chi connectivity index (χ0) is 15.6. The predicted octanol–water partition coefficient (Wildman–Crippen LogP) is 3.68. The molecule has 0 atom stereocenters. The number of alkyl halides is 3. The molecule has 8 heteroatoms. The first-order valence-electron chi connectivity index (χ1n) is 6.22. The summed E-state index contributed by atoms with van der Waals surface area (Å²) in [4.78, 5) is 0. The number of aromatic amines is 1. The fraction of sp³-hybridized carbons (Fsp3) is 0.0714. The number of benzene rings is 2. The summed E-state index contributed by atoms with van der Waals surface area (Å²) in [7, 11) is 0. The zero-order valence-corrected chi connectivity index (χ0v) is 11.0. The number of halogens is 3. The van der Waals surface area contributed by atoms with Gasteiger partial charge >= 0.3 is 6.18 Å². The largest absolute Gasteiger partial charge is 0.457 e. The average molecular weight is 306 g/mol. The van der Waals surface area contributed by atoms with E-state index in [1.165, 1.54) is 12.1 Å². The highest BCUT2D eigenvalue weighted by atomic mass is 19.4. The molecule has 3 aromatic rings. The van der Waals surface area contributed by atoms with Gasteiger partial charge in [-0.2, -0.15) is 18.4 Å². The summed E-state index contributed by atoms with van der Waals surface area (Å²) in [6.45, 7) is 0. The van der Waals surface area contributed by atoms with Gasteiger partial charge in [-0.15, -0.1) is 10.2 Å². The van der Waals surface area contributed by atoms with Crippen molar-refractivity contribution in [3.8, 4) is 22.9 Å². The van der Waals surface area contributed by atoms with Crippen LogP contribution in [-0.2, 0) is 6.18 Å². The van der Waals surface area contributed by atoms with Crippen molar-refractivity contribution in [2.24, 2.45) is 0 Å². The van der Waals surface area contributed by atoms with Crippen molar-refractivity contribution >= 4 is 0 Å². The molecule has 1 aromatic heterocycles. The molecule has 2 aromatic carbocycles. The lowest BCUT2D eigenvalue weighted by molar-refractivity contribution is -0.137. The molecule has 0 aliphatic heterocycles. The molecular weight excluding hydrogens is 297 g/mol. The first kappa shape index (κ1) is 14.1. The van der Waals surface area contributed by atoms with E-state index < -0.39 is 11.7 Å².